The van der Waals surface area contributed by atoms with Gasteiger partial charge >= 0.3 is 0 Å². The van der Waals surface area contributed by atoms with Gasteiger partial charge in [0.25, 0.3) is 5.91 Å². The predicted octanol–water partition coefficient (Wildman–Crippen LogP) is 3.90. The number of para-hydroxylation sites is 1. The van der Waals surface area contributed by atoms with Crippen molar-refractivity contribution < 1.29 is 13.9 Å². The molecule has 6 heteroatoms. The molecule has 1 amide bonds. The van der Waals surface area contributed by atoms with E-state index in [-0.39, 0.29) is 11.7 Å². The van der Waals surface area contributed by atoms with Gasteiger partial charge in [-0.25, -0.2) is 9.37 Å². The number of hydrogen-bond donors (Lipinski definition) is 2. The van der Waals surface area contributed by atoms with Crippen LogP contribution in [0.5, 0.6) is 5.88 Å². The van der Waals surface area contributed by atoms with Gasteiger partial charge in [0.1, 0.15) is 5.82 Å². The molecule has 1 aromatic heterocycles. The highest BCUT2D eigenvalue weighted by Crippen LogP contribution is 2.21. The molecule has 0 unspecified atom stereocenters. The van der Waals surface area contributed by atoms with E-state index < -0.39 is 0 Å². The van der Waals surface area contributed by atoms with Crippen LogP contribution in [0.25, 0.3) is 0 Å². The Morgan fingerprint density at radius 2 is 1.88 bits per heavy atom. The van der Waals surface area contributed by atoms with Crippen LogP contribution in [0.3, 0.4) is 0 Å². The summed E-state index contributed by atoms with van der Waals surface area (Å²) in [6, 6.07) is 16.7. The number of ether oxygens (including phenoxy) is 1. The standard InChI is InChI=1S/C20H18FN3O2/c1-26-19-12-14(10-11-22-19)13-23-20(25)17-4-2-3-5-18(17)24-16-8-6-15(21)7-9-16/h2-12,24H,13H2,1H3,(H,23,25). The Morgan fingerprint density at radius 3 is 2.65 bits per heavy atom. The number of carbonyl (C=O) groups is 1. The van der Waals surface area contributed by atoms with Crippen molar-refractivity contribution in [3.63, 3.8) is 0 Å². The van der Waals surface area contributed by atoms with E-state index in [0.29, 0.717) is 29.4 Å². The van der Waals surface area contributed by atoms with E-state index in [0.717, 1.165) is 5.56 Å². The summed E-state index contributed by atoms with van der Waals surface area (Å²) in [4.78, 5) is 16.6. The molecule has 2 N–H and O–H groups in total. The fourth-order valence-electron chi connectivity index (χ4n) is 2.43. The highest BCUT2D eigenvalue weighted by Gasteiger charge is 2.11. The van der Waals surface area contributed by atoms with Gasteiger partial charge in [-0.1, -0.05) is 12.1 Å². The Bertz CT molecular complexity index is 898. The molecule has 0 radical (unpaired) electrons. The number of hydrogen-bond acceptors (Lipinski definition) is 4. The number of halogens is 1. The average molecular weight is 351 g/mol. The highest BCUT2D eigenvalue weighted by molar-refractivity contribution is 6.00. The zero-order valence-electron chi connectivity index (χ0n) is 14.2. The molecule has 0 atom stereocenters. The molecule has 0 saturated heterocycles. The van der Waals surface area contributed by atoms with E-state index in [1.807, 2.05) is 12.1 Å². The van der Waals surface area contributed by atoms with Crippen molar-refractivity contribution in [1.29, 1.82) is 0 Å². The van der Waals surface area contributed by atoms with Gasteiger partial charge in [-0.15, -0.1) is 0 Å². The third-order valence-electron chi connectivity index (χ3n) is 3.76. The second-order valence-electron chi connectivity index (χ2n) is 5.57. The molecule has 0 fully saturated rings. The SMILES string of the molecule is COc1cc(CNC(=O)c2ccccc2Nc2ccc(F)cc2)ccn1. The van der Waals surface area contributed by atoms with Gasteiger partial charge in [-0.05, 0) is 48.0 Å². The molecule has 0 saturated carbocycles. The lowest BCUT2D eigenvalue weighted by molar-refractivity contribution is 0.0951. The maximum Gasteiger partial charge on any atom is 0.253 e. The van der Waals surface area contributed by atoms with Crippen LogP contribution in [0, 0.1) is 5.82 Å². The van der Waals surface area contributed by atoms with Gasteiger partial charge in [0, 0.05) is 24.5 Å². The van der Waals surface area contributed by atoms with E-state index in [1.54, 1.807) is 49.7 Å². The summed E-state index contributed by atoms with van der Waals surface area (Å²) in [5.74, 6) is -0.0320. The van der Waals surface area contributed by atoms with Crippen LogP contribution in [0.15, 0.2) is 66.9 Å². The summed E-state index contributed by atoms with van der Waals surface area (Å²) in [6.45, 7) is 0.350. The number of methoxy groups -OCH3 is 1. The molecule has 1 heterocycles. The summed E-state index contributed by atoms with van der Waals surface area (Å²) in [6.07, 6.45) is 1.63. The number of aromatic nitrogens is 1. The second-order valence-corrected chi connectivity index (χ2v) is 5.57. The number of anilines is 2. The highest BCUT2D eigenvalue weighted by atomic mass is 19.1. The fourth-order valence-corrected chi connectivity index (χ4v) is 2.43. The quantitative estimate of drug-likeness (QED) is 0.707. The van der Waals surface area contributed by atoms with E-state index in [4.69, 9.17) is 4.74 Å². The van der Waals surface area contributed by atoms with Crippen molar-refractivity contribution in [2.24, 2.45) is 0 Å². The van der Waals surface area contributed by atoms with Gasteiger partial charge in [0.2, 0.25) is 5.88 Å². The van der Waals surface area contributed by atoms with E-state index in [1.165, 1.54) is 12.1 Å². The Labute approximate surface area is 150 Å². The molecule has 0 spiro atoms. The monoisotopic (exact) mass is 351 g/mol. The van der Waals surface area contributed by atoms with Gasteiger partial charge in [0.15, 0.2) is 0 Å². The molecular weight excluding hydrogens is 333 g/mol. The van der Waals surface area contributed by atoms with Gasteiger partial charge < -0.3 is 15.4 Å². The van der Waals surface area contributed by atoms with Crippen LogP contribution < -0.4 is 15.4 Å². The lowest BCUT2D eigenvalue weighted by Gasteiger charge is -2.12. The molecule has 3 aromatic rings. The lowest BCUT2D eigenvalue weighted by Crippen LogP contribution is -2.23. The number of rotatable bonds is 6. The van der Waals surface area contributed by atoms with Gasteiger partial charge in [-0.2, -0.15) is 0 Å². The third-order valence-corrected chi connectivity index (χ3v) is 3.76. The van der Waals surface area contributed by atoms with E-state index in [2.05, 4.69) is 15.6 Å². The van der Waals surface area contributed by atoms with E-state index in [9.17, 15) is 9.18 Å². The Kier molecular flexibility index (Phi) is 5.43. The van der Waals surface area contributed by atoms with Crippen LogP contribution in [0.2, 0.25) is 0 Å². The van der Waals surface area contributed by atoms with Crippen LogP contribution in [-0.2, 0) is 6.54 Å². The molecule has 132 valence electrons. The van der Waals surface area contributed by atoms with Crippen LogP contribution in [-0.4, -0.2) is 18.0 Å². The summed E-state index contributed by atoms with van der Waals surface area (Å²) in [5, 5.41) is 6.02. The first-order valence-electron chi connectivity index (χ1n) is 8.04. The van der Waals surface area contributed by atoms with Crippen LogP contribution in [0.1, 0.15) is 15.9 Å². The molecule has 3 rings (SSSR count). The summed E-state index contributed by atoms with van der Waals surface area (Å²) >= 11 is 0. The Morgan fingerprint density at radius 1 is 1.12 bits per heavy atom. The first-order chi connectivity index (χ1) is 12.7. The zero-order valence-corrected chi connectivity index (χ0v) is 14.2. The maximum absolute atomic E-state index is 13.0. The molecule has 0 aliphatic carbocycles. The summed E-state index contributed by atoms with van der Waals surface area (Å²) < 4.78 is 18.1. The Balaban J connectivity index is 1.71. The van der Waals surface area contributed by atoms with Crippen molar-refractivity contribution in [1.82, 2.24) is 10.3 Å². The predicted molar refractivity (Wildman–Crippen MR) is 98.1 cm³/mol. The Hall–Kier alpha value is -3.41. The molecular formula is C20H18FN3O2. The maximum atomic E-state index is 13.0. The minimum atomic E-state index is -0.311. The molecule has 5 nitrogen and oxygen atoms in total. The topological polar surface area (TPSA) is 63.2 Å². The number of nitrogens with one attached hydrogen (secondary N) is 2. The number of nitrogens with zero attached hydrogens (tertiary/aromatic N) is 1. The molecule has 0 aliphatic rings. The van der Waals surface area contributed by atoms with Gasteiger partial charge in [0.05, 0.1) is 18.4 Å². The van der Waals surface area contributed by atoms with Crippen molar-refractivity contribution in [2.75, 3.05) is 12.4 Å². The normalized spacial score (nSPS) is 10.2. The van der Waals surface area contributed by atoms with Gasteiger partial charge in [-0.3, -0.25) is 4.79 Å². The first kappa shape index (κ1) is 17.4. The summed E-state index contributed by atoms with van der Waals surface area (Å²) in [7, 11) is 1.54. The van der Waals surface area contributed by atoms with Crippen LogP contribution >= 0.6 is 0 Å². The van der Waals surface area contributed by atoms with Crippen molar-refractivity contribution in [2.45, 2.75) is 6.54 Å². The molecule has 26 heavy (non-hydrogen) atoms. The number of carbonyl (C=O) groups excluding carboxylic acids is 1. The lowest BCUT2D eigenvalue weighted by atomic mass is 10.1. The number of amides is 1. The minimum Gasteiger partial charge on any atom is -0.481 e. The van der Waals surface area contributed by atoms with Crippen LogP contribution in [0.4, 0.5) is 15.8 Å². The van der Waals surface area contributed by atoms with Crippen molar-refractivity contribution in [3.8, 4) is 5.88 Å². The number of benzene rings is 2. The average Bonchev–Trinajstić information content (AvgIpc) is 2.68. The first-order valence-corrected chi connectivity index (χ1v) is 8.04. The zero-order chi connectivity index (χ0) is 18.4. The smallest absolute Gasteiger partial charge is 0.253 e. The molecule has 0 aliphatic heterocycles. The van der Waals surface area contributed by atoms with Crippen molar-refractivity contribution >= 4 is 17.3 Å². The summed E-state index contributed by atoms with van der Waals surface area (Å²) in [5.41, 5.74) is 2.72. The second kappa shape index (κ2) is 8.11. The molecule has 0 bridgehead atoms. The van der Waals surface area contributed by atoms with Crippen molar-refractivity contribution in [3.05, 3.63) is 83.8 Å². The van der Waals surface area contributed by atoms with E-state index >= 15 is 0 Å². The largest absolute Gasteiger partial charge is 0.481 e. The fraction of sp³-hybridized carbons (Fsp3) is 0.100. The minimum absolute atomic E-state index is 0.217. The molecule has 2 aromatic carbocycles. The third kappa shape index (κ3) is 4.36. The number of pyridine rings is 1.